The molecule has 0 aliphatic heterocycles. The number of hydrogen-bond donors (Lipinski definition) is 0. The van der Waals surface area contributed by atoms with Crippen LogP contribution >= 0.6 is 15.9 Å². The molecule has 3 rings (SSSR count). The van der Waals surface area contributed by atoms with Gasteiger partial charge in [-0.25, -0.2) is 0 Å². The van der Waals surface area contributed by atoms with Crippen molar-refractivity contribution in [3.05, 3.63) is 46.7 Å². The zero-order valence-corrected chi connectivity index (χ0v) is 10.7. The summed E-state index contributed by atoms with van der Waals surface area (Å²) in [5.41, 5.74) is 0.954. The monoisotopic (exact) mass is 288 g/mol. The van der Waals surface area contributed by atoms with E-state index in [9.17, 15) is 0 Å². The van der Waals surface area contributed by atoms with Crippen LogP contribution in [0.1, 0.15) is 5.82 Å². The van der Waals surface area contributed by atoms with E-state index in [1.807, 2.05) is 31.2 Å². The average Bonchev–Trinajstić information content (AvgIpc) is 2.75. The molecule has 0 fully saturated rings. The van der Waals surface area contributed by atoms with Crippen molar-refractivity contribution in [3.63, 3.8) is 0 Å². The molecule has 84 valence electrons. The van der Waals surface area contributed by atoms with E-state index in [0.29, 0.717) is 11.7 Å². The van der Waals surface area contributed by atoms with Gasteiger partial charge in [0.25, 0.3) is 5.89 Å². The van der Waals surface area contributed by atoms with Crippen LogP contribution in [0.4, 0.5) is 0 Å². The summed E-state index contributed by atoms with van der Waals surface area (Å²) in [7, 11) is 0. The van der Waals surface area contributed by atoms with Crippen molar-refractivity contribution in [2.45, 2.75) is 6.92 Å². The summed E-state index contributed by atoms with van der Waals surface area (Å²) in [5.74, 6) is 1.20. The van der Waals surface area contributed by atoms with Crippen molar-refractivity contribution in [1.29, 1.82) is 0 Å². The fraction of sp³-hybridized carbons (Fsp3) is 0.0769. The molecule has 4 heteroatoms. The quantitative estimate of drug-likeness (QED) is 0.680. The SMILES string of the molecule is Cc1noc(-c2cccc3cccc(Br)c23)n1. The third-order valence-electron chi connectivity index (χ3n) is 2.61. The topological polar surface area (TPSA) is 38.9 Å². The first-order valence-electron chi connectivity index (χ1n) is 5.23. The molecule has 0 radical (unpaired) electrons. The number of aryl methyl sites for hydroxylation is 1. The lowest BCUT2D eigenvalue weighted by molar-refractivity contribution is 0.426. The summed E-state index contributed by atoms with van der Waals surface area (Å²) >= 11 is 3.56. The van der Waals surface area contributed by atoms with Gasteiger partial charge in [-0.2, -0.15) is 4.98 Å². The molecule has 1 heterocycles. The Labute approximate surface area is 107 Å². The van der Waals surface area contributed by atoms with Crippen molar-refractivity contribution in [2.24, 2.45) is 0 Å². The zero-order valence-electron chi connectivity index (χ0n) is 9.14. The Bertz CT molecular complexity index is 685. The fourth-order valence-corrected chi connectivity index (χ4v) is 2.48. The smallest absolute Gasteiger partial charge is 0.258 e. The Hall–Kier alpha value is -1.68. The molecule has 0 unspecified atom stereocenters. The molecule has 0 N–H and O–H groups in total. The van der Waals surface area contributed by atoms with Crippen LogP contribution in [-0.4, -0.2) is 10.1 Å². The van der Waals surface area contributed by atoms with Gasteiger partial charge in [-0.15, -0.1) is 0 Å². The number of aromatic nitrogens is 2. The molecule has 0 amide bonds. The molecule has 0 aliphatic rings. The van der Waals surface area contributed by atoms with E-state index in [1.54, 1.807) is 0 Å². The van der Waals surface area contributed by atoms with Gasteiger partial charge in [0.2, 0.25) is 0 Å². The van der Waals surface area contributed by atoms with Gasteiger partial charge in [0.05, 0.1) is 0 Å². The highest BCUT2D eigenvalue weighted by molar-refractivity contribution is 9.10. The molecule has 17 heavy (non-hydrogen) atoms. The first kappa shape index (κ1) is 10.5. The van der Waals surface area contributed by atoms with Crippen molar-refractivity contribution in [1.82, 2.24) is 10.1 Å². The molecule has 0 bridgehead atoms. The third-order valence-corrected chi connectivity index (χ3v) is 3.27. The Morgan fingerprint density at radius 2 is 1.88 bits per heavy atom. The maximum Gasteiger partial charge on any atom is 0.258 e. The van der Waals surface area contributed by atoms with Gasteiger partial charge in [0.1, 0.15) is 0 Å². The molecule has 0 aliphatic carbocycles. The molecule has 0 saturated heterocycles. The Balaban J connectivity index is 2.37. The predicted molar refractivity (Wildman–Crippen MR) is 69.7 cm³/mol. The number of benzene rings is 2. The minimum atomic E-state index is 0.556. The summed E-state index contributed by atoms with van der Waals surface area (Å²) in [4.78, 5) is 4.27. The molecular formula is C13H9BrN2O. The second-order valence-corrected chi connectivity index (χ2v) is 4.64. The van der Waals surface area contributed by atoms with Crippen LogP contribution in [0.15, 0.2) is 45.4 Å². The van der Waals surface area contributed by atoms with Crippen LogP contribution in [0.25, 0.3) is 22.2 Å². The number of rotatable bonds is 1. The van der Waals surface area contributed by atoms with E-state index in [2.05, 4.69) is 38.2 Å². The van der Waals surface area contributed by atoms with Gasteiger partial charge < -0.3 is 4.52 Å². The predicted octanol–water partition coefficient (Wildman–Crippen LogP) is 3.96. The molecule has 2 aromatic carbocycles. The first-order valence-corrected chi connectivity index (χ1v) is 6.03. The maximum absolute atomic E-state index is 5.23. The molecule has 3 nitrogen and oxygen atoms in total. The van der Waals surface area contributed by atoms with Crippen LogP contribution in [0.3, 0.4) is 0 Å². The van der Waals surface area contributed by atoms with Gasteiger partial charge in [-0.1, -0.05) is 45.4 Å². The van der Waals surface area contributed by atoms with Gasteiger partial charge in [0, 0.05) is 15.4 Å². The summed E-state index contributed by atoms with van der Waals surface area (Å²) in [6.45, 7) is 1.81. The number of hydrogen-bond acceptors (Lipinski definition) is 3. The van der Waals surface area contributed by atoms with Crippen molar-refractivity contribution in [3.8, 4) is 11.5 Å². The normalized spacial score (nSPS) is 10.9. The molecular weight excluding hydrogens is 280 g/mol. The van der Waals surface area contributed by atoms with Gasteiger partial charge in [0.15, 0.2) is 5.82 Å². The molecule has 3 aromatic rings. The highest BCUT2D eigenvalue weighted by Crippen LogP contribution is 2.32. The van der Waals surface area contributed by atoms with E-state index in [0.717, 1.165) is 20.8 Å². The van der Waals surface area contributed by atoms with Gasteiger partial charge in [-0.05, 0) is 24.4 Å². The van der Waals surface area contributed by atoms with Crippen LogP contribution in [0.5, 0.6) is 0 Å². The lowest BCUT2D eigenvalue weighted by atomic mass is 10.0. The van der Waals surface area contributed by atoms with Crippen molar-refractivity contribution < 1.29 is 4.52 Å². The third kappa shape index (κ3) is 1.74. The van der Waals surface area contributed by atoms with Crippen LogP contribution < -0.4 is 0 Å². The number of nitrogens with zero attached hydrogens (tertiary/aromatic N) is 2. The van der Waals surface area contributed by atoms with E-state index in [1.165, 1.54) is 0 Å². The largest absolute Gasteiger partial charge is 0.334 e. The highest BCUT2D eigenvalue weighted by Gasteiger charge is 2.11. The summed E-state index contributed by atoms with van der Waals surface area (Å²) < 4.78 is 6.26. The summed E-state index contributed by atoms with van der Waals surface area (Å²) in [5, 5.41) is 6.07. The van der Waals surface area contributed by atoms with Crippen molar-refractivity contribution in [2.75, 3.05) is 0 Å². The average molecular weight is 289 g/mol. The van der Waals surface area contributed by atoms with Gasteiger partial charge >= 0.3 is 0 Å². The van der Waals surface area contributed by atoms with E-state index in [-0.39, 0.29) is 0 Å². The maximum atomic E-state index is 5.23. The van der Waals surface area contributed by atoms with Crippen LogP contribution in [0.2, 0.25) is 0 Å². The Morgan fingerprint density at radius 1 is 1.12 bits per heavy atom. The Morgan fingerprint density at radius 3 is 2.59 bits per heavy atom. The first-order chi connectivity index (χ1) is 8.25. The molecule has 0 spiro atoms. The zero-order chi connectivity index (χ0) is 11.8. The second-order valence-electron chi connectivity index (χ2n) is 3.79. The lowest BCUT2D eigenvalue weighted by Gasteiger charge is -2.04. The minimum absolute atomic E-state index is 0.556. The van der Waals surface area contributed by atoms with E-state index >= 15 is 0 Å². The van der Waals surface area contributed by atoms with Gasteiger partial charge in [-0.3, -0.25) is 0 Å². The number of fused-ring (bicyclic) bond motifs is 1. The molecule has 0 atom stereocenters. The minimum Gasteiger partial charge on any atom is -0.334 e. The fourth-order valence-electron chi connectivity index (χ4n) is 1.88. The van der Waals surface area contributed by atoms with E-state index < -0.39 is 0 Å². The van der Waals surface area contributed by atoms with Crippen molar-refractivity contribution >= 4 is 26.7 Å². The summed E-state index contributed by atoms with van der Waals surface area (Å²) in [6.07, 6.45) is 0. The second kappa shape index (κ2) is 3.96. The molecule has 0 saturated carbocycles. The van der Waals surface area contributed by atoms with E-state index in [4.69, 9.17) is 4.52 Å². The standard InChI is InChI=1S/C13H9BrN2O/c1-8-15-13(17-16-8)10-6-2-4-9-5-3-7-11(14)12(9)10/h2-7H,1H3. The Kier molecular flexibility index (Phi) is 2.44. The highest BCUT2D eigenvalue weighted by atomic mass is 79.9. The summed E-state index contributed by atoms with van der Waals surface area (Å²) in [6, 6.07) is 12.1. The van der Waals surface area contributed by atoms with Crippen LogP contribution in [-0.2, 0) is 0 Å². The van der Waals surface area contributed by atoms with Crippen LogP contribution in [0, 0.1) is 6.92 Å². The molecule has 1 aromatic heterocycles. The number of halogens is 1. The lowest BCUT2D eigenvalue weighted by Crippen LogP contribution is -1.83.